The second-order valence-corrected chi connectivity index (χ2v) is 15.7. The summed E-state index contributed by atoms with van der Waals surface area (Å²) in [5.74, 6) is -0.959. The summed E-state index contributed by atoms with van der Waals surface area (Å²) in [4.78, 5) is 12.5. The first kappa shape index (κ1) is 49.8. The average molecular weight is 746 g/mol. The number of amides is 1. The number of nitrogens with one attached hydrogen (secondary N) is 1. The first-order chi connectivity index (χ1) is 25.3. The monoisotopic (exact) mass is 746 g/mol. The molecule has 0 aromatic rings. The molecule has 300 valence electrons. The van der Waals surface area contributed by atoms with E-state index >= 15 is 0 Å². The standard InChI is InChI=1S/C45H79NO5S/c1-3-5-7-9-11-13-15-17-19-21-22-23-24-25-27-29-31-33-35-37-39-41-45(48)46-43(42-52(49,50)51)44(47)40-38-36-34-32-30-28-26-20-18-16-14-12-10-8-6-4-2/h5,7,11,13,17,19,22-23,25,27,31,33,43-44,47H,3-4,6,8-10,12,14-16,18,20-21,24,26,28-30,32,34-42H2,1-2H3,(H,46,48)(H,49,50,51)/b7-5-,13-11-,19-17-,23-22-,27-25-,33-31-. The van der Waals surface area contributed by atoms with Crippen molar-refractivity contribution < 1.29 is 22.9 Å². The van der Waals surface area contributed by atoms with Gasteiger partial charge >= 0.3 is 0 Å². The van der Waals surface area contributed by atoms with Crippen LogP contribution in [0.5, 0.6) is 0 Å². The van der Waals surface area contributed by atoms with Crippen molar-refractivity contribution in [2.24, 2.45) is 0 Å². The molecule has 0 spiro atoms. The van der Waals surface area contributed by atoms with E-state index in [1.165, 1.54) is 83.5 Å². The number of unbranched alkanes of at least 4 members (excludes halogenated alkanes) is 17. The first-order valence-corrected chi connectivity index (χ1v) is 22.7. The van der Waals surface area contributed by atoms with Crippen LogP contribution < -0.4 is 5.32 Å². The molecule has 1 amide bonds. The Kier molecular flexibility index (Phi) is 36.9. The zero-order chi connectivity index (χ0) is 38.2. The van der Waals surface area contributed by atoms with Crippen LogP contribution in [-0.4, -0.2) is 41.9 Å². The first-order valence-electron chi connectivity index (χ1n) is 21.1. The maximum Gasteiger partial charge on any atom is 0.266 e. The fourth-order valence-corrected chi connectivity index (χ4v) is 6.80. The molecule has 2 atom stereocenters. The Morgan fingerprint density at radius 3 is 1.33 bits per heavy atom. The summed E-state index contributed by atoms with van der Waals surface area (Å²) in [6, 6.07) is -0.998. The number of hydrogen-bond acceptors (Lipinski definition) is 4. The molecule has 3 N–H and O–H groups in total. The van der Waals surface area contributed by atoms with Crippen LogP contribution in [0.15, 0.2) is 72.9 Å². The zero-order valence-electron chi connectivity index (χ0n) is 33.4. The van der Waals surface area contributed by atoms with Crippen molar-refractivity contribution in [1.29, 1.82) is 0 Å². The lowest BCUT2D eigenvalue weighted by Gasteiger charge is -2.23. The van der Waals surface area contributed by atoms with Crippen molar-refractivity contribution in [3.05, 3.63) is 72.9 Å². The molecule has 0 aliphatic rings. The molecule has 6 nitrogen and oxygen atoms in total. The molecule has 52 heavy (non-hydrogen) atoms. The minimum Gasteiger partial charge on any atom is -0.391 e. The van der Waals surface area contributed by atoms with Crippen molar-refractivity contribution in [2.75, 3.05) is 5.75 Å². The van der Waals surface area contributed by atoms with Gasteiger partial charge < -0.3 is 10.4 Å². The highest BCUT2D eigenvalue weighted by Gasteiger charge is 2.26. The maximum absolute atomic E-state index is 12.5. The van der Waals surface area contributed by atoms with Crippen molar-refractivity contribution in [3.63, 3.8) is 0 Å². The lowest BCUT2D eigenvalue weighted by molar-refractivity contribution is -0.122. The van der Waals surface area contributed by atoms with Gasteiger partial charge in [-0.2, -0.15) is 8.42 Å². The Balaban J connectivity index is 3.98. The molecule has 0 heterocycles. The van der Waals surface area contributed by atoms with E-state index < -0.39 is 28.0 Å². The normalized spacial score (nSPS) is 14.0. The average Bonchev–Trinajstić information content (AvgIpc) is 3.11. The van der Waals surface area contributed by atoms with E-state index in [0.29, 0.717) is 12.8 Å². The van der Waals surface area contributed by atoms with Gasteiger partial charge in [-0.1, -0.05) is 189 Å². The van der Waals surface area contributed by atoms with Gasteiger partial charge in [-0.05, 0) is 64.2 Å². The van der Waals surface area contributed by atoms with Gasteiger partial charge in [0.25, 0.3) is 10.1 Å². The zero-order valence-corrected chi connectivity index (χ0v) is 34.2. The van der Waals surface area contributed by atoms with Gasteiger partial charge in [0.05, 0.1) is 17.9 Å². The lowest BCUT2D eigenvalue weighted by atomic mass is 10.0. The van der Waals surface area contributed by atoms with Crippen molar-refractivity contribution >= 4 is 16.0 Å². The van der Waals surface area contributed by atoms with E-state index in [1.807, 2.05) is 0 Å². The lowest BCUT2D eigenvalue weighted by Crippen LogP contribution is -2.47. The van der Waals surface area contributed by atoms with Crippen LogP contribution in [0.2, 0.25) is 0 Å². The topological polar surface area (TPSA) is 104 Å². The van der Waals surface area contributed by atoms with Crippen LogP contribution in [0.25, 0.3) is 0 Å². The van der Waals surface area contributed by atoms with Gasteiger partial charge in [0, 0.05) is 6.42 Å². The predicted octanol–water partition coefficient (Wildman–Crippen LogP) is 12.6. The number of carbonyl (C=O) groups is 1. The van der Waals surface area contributed by atoms with E-state index in [1.54, 1.807) is 0 Å². The Labute approximate surface area is 321 Å². The van der Waals surface area contributed by atoms with Crippen LogP contribution in [0.3, 0.4) is 0 Å². The van der Waals surface area contributed by atoms with Crippen molar-refractivity contribution in [1.82, 2.24) is 5.32 Å². The number of carbonyl (C=O) groups excluding carboxylic acids is 1. The molecule has 0 radical (unpaired) electrons. The van der Waals surface area contributed by atoms with E-state index in [9.17, 15) is 22.9 Å². The van der Waals surface area contributed by atoms with Crippen molar-refractivity contribution in [3.8, 4) is 0 Å². The van der Waals surface area contributed by atoms with Gasteiger partial charge in [0.2, 0.25) is 5.91 Å². The van der Waals surface area contributed by atoms with Gasteiger partial charge in [-0.15, -0.1) is 0 Å². The van der Waals surface area contributed by atoms with Gasteiger partial charge in [-0.3, -0.25) is 9.35 Å². The van der Waals surface area contributed by atoms with Crippen LogP contribution in [0, 0.1) is 0 Å². The number of hydrogen-bond donors (Lipinski definition) is 3. The second-order valence-electron chi connectivity index (χ2n) is 14.2. The number of aliphatic hydroxyl groups is 1. The second kappa shape index (κ2) is 38.5. The summed E-state index contributed by atoms with van der Waals surface area (Å²) < 4.78 is 32.6. The van der Waals surface area contributed by atoms with Gasteiger partial charge in [-0.25, -0.2) is 0 Å². The van der Waals surface area contributed by atoms with Crippen LogP contribution in [0.4, 0.5) is 0 Å². The van der Waals surface area contributed by atoms with Crippen LogP contribution >= 0.6 is 0 Å². The molecule has 0 aliphatic heterocycles. The molecule has 0 aromatic carbocycles. The Morgan fingerprint density at radius 1 is 0.538 bits per heavy atom. The number of rotatable bonds is 37. The summed E-state index contributed by atoms with van der Waals surface area (Å²) >= 11 is 0. The quantitative estimate of drug-likeness (QED) is 0.0334. The third-order valence-electron chi connectivity index (χ3n) is 9.18. The molecule has 2 unspecified atom stereocenters. The van der Waals surface area contributed by atoms with Crippen molar-refractivity contribution in [2.45, 2.75) is 199 Å². The maximum atomic E-state index is 12.5. The number of allylic oxidation sites excluding steroid dienone is 12. The highest BCUT2D eigenvalue weighted by Crippen LogP contribution is 2.15. The molecule has 7 heteroatoms. The van der Waals surface area contributed by atoms with E-state index in [0.717, 1.165) is 70.6 Å². The fourth-order valence-electron chi connectivity index (χ4n) is 6.04. The fraction of sp³-hybridized carbons (Fsp3) is 0.711. The smallest absolute Gasteiger partial charge is 0.266 e. The summed E-state index contributed by atoms with van der Waals surface area (Å²) in [5.41, 5.74) is 0. The van der Waals surface area contributed by atoms with Gasteiger partial charge in [0.15, 0.2) is 0 Å². The molecule has 0 saturated carbocycles. The number of aliphatic hydroxyl groups excluding tert-OH is 1. The molecule has 0 rings (SSSR count). The highest BCUT2D eigenvalue weighted by molar-refractivity contribution is 7.85. The molecule has 0 bridgehead atoms. The summed E-state index contributed by atoms with van der Waals surface area (Å²) in [6.45, 7) is 4.41. The molecule has 0 saturated heterocycles. The van der Waals surface area contributed by atoms with E-state index in [-0.39, 0.29) is 12.3 Å². The minimum atomic E-state index is -4.33. The Morgan fingerprint density at radius 2 is 0.923 bits per heavy atom. The third-order valence-corrected chi connectivity index (χ3v) is 9.96. The predicted molar refractivity (Wildman–Crippen MR) is 225 cm³/mol. The Bertz CT molecular complexity index is 1090. The third kappa shape index (κ3) is 39.0. The summed E-state index contributed by atoms with van der Waals surface area (Å²) in [7, 11) is -4.33. The van der Waals surface area contributed by atoms with E-state index in [4.69, 9.17) is 0 Å². The van der Waals surface area contributed by atoms with Crippen LogP contribution in [0.1, 0.15) is 187 Å². The molecular formula is C45H79NO5S. The minimum absolute atomic E-state index is 0.260. The SMILES string of the molecule is CC/C=C\C/C=C\C/C=C\C/C=C\C/C=C\C/C=C\CCCCC(=O)NC(CS(=O)(=O)O)C(O)CCCCCCCCCCCCCCCCCC. The summed E-state index contributed by atoms with van der Waals surface area (Å²) in [6.07, 6.45) is 54.2. The molecular weight excluding hydrogens is 667 g/mol. The Hall–Kier alpha value is -2.22. The molecule has 0 fully saturated rings. The van der Waals surface area contributed by atoms with Crippen LogP contribution in [-0.2, 0) is 14.9 Å². The largest absolute Gasteiger partial charge is 0.391 e. The summed E-state index contributed by atoms with van der Waals surface area (Å²) in [5, 5.41) is 13.3. The molecule has 0 aliphatic carbocycles. The molecule has 0 aromatic heterocycles. The van der Waals surface area contributed by atoms with Gasteiger partial charge in [0.1, 0.15) is 0 Å². The highest BCUT2D eigenvalue weighted by atomic mass is 32.2. The van der Waals surface area contributed by atoms with E-state index in [2.05, 4.69) is 92.1 Å².